The standard InChI is InChI=1S/C22H17ClFN5OS/c1-14-5-2-3-7-19(14)29-21(15-6-4-10-25-12-15)27-28-22(29)31-13-20(30)26-18-9-8-16(24)11-17(18)23/h2-12H,13H2,1H3,(H,26,30). The van der Waals surface area contributed by atoms with E-state index in [2.05, 4.69) is 20.5 Å². The molecule has 0 unspecified atom stereocenters. The Kier molecular flexibility index (Phi) is 6.29. The zero-order valence-corrected chi connectivity index (χ0v) is 18.0. The van der Waals surface area contributed by atoms with E-state index in [1.54, 1.807) is 12.4 Å². The Balaban J connectivity index is 1.60. The first-order chi connectivity index (χ1) is 15.0. The van der Waals surface area contributed by atoms with Crippen molar-refractivity contribution < 1.29 is 9.18 Å². The maximum absolute atomic E-state index is 13.2. The van der Waals surface area contributed by atoms with Gasteiger partial charge >= 0.3 is 0 Å². The van der Waals surface area contributed by atoms with Crippen LogP contribution in [0.15, 0.2) is 72.1 Å². The number of para-hydroxylation sites is 1. The maximum atomic E-state index is 13.2. The molecule has 0 aliphatic rings. The molecule has 0 aliphatic carbocycles. The van der Waals surface area contributed by atoms with Crippen molar-refractivity contribution in [2.24, 2.45) is 0 Å². The third-order valence-electron chi connectivity index (χ3n) is 4.45. The number of carbonyl (C=O) groups is 1. The Labute approximate surface area is 187 Å². The van der Waals surface area contributed by atoms with E-state index in [0.29, 0.717) is 16.7 Å². The molecule has 156 valence electrons. The molecule has 6 nitrogen and oxygen atoms in total. The van der Waals surface area contributed by atoms with Crippen molar-refractivity contribution in [3.8, 4) is 17.1 Å². The number of carbonyl (C=O) groups excluding carboxylic acids is 1. The van der Waals surface area contributed by atoms with Crippen molar-refractivity contribution in [1.82, 2.24) is 19.7 Å². The lowest BCUT2D eigenvalue weighted by molar-refractivity contribution is -0.113. The van der Waals surface area contributed by atoms with E-state index >= 15 is 0 Å². The van der Waals surface area contributed by atoms with Crippen molar-refractivity contribution in [3.05, 3.63) is 83.4 Å². The summed E-state index contributed by atoms with van der Waals surface area (Å²) in [5.41, 5.74) is 3.12. The number of pyridine rings is 1. The lowest BCUT2D eigenvalue weighted by Gasteiger charge is -2.13. The highest BCUT2D eigenvalue weighted by atomic mass is 35.5. The number of hydrogen-bond acceptors (Lipinski definition) is 5. The van der Waals surface area contributed by atoms with Crippen LogP contribution in [0.2, 0.25) is 5.02 Å². The molecule has 0 bridgehead atoms. The molecule has 1 N–H and O–H groups in total. The molecule has 1 amide bonds. The minimum Gasteiger partial charge on any atom is -0.324 e. The predicted octanol–water partition coefficient (Wildman–Crippen LogP) is 5.16. The van der Waals surface area contributed by atoms with Crippen molar-refractivity contribution >= 4 is 35.0 Å². The maximum Gasteiger partial charge on any atom is 0.234 e. The summed E-state index contributed by atoms with van der Waals surface area (Å²) in [6.45, 7) is 2.00. The molecule has 0 radical (unpaired) electrons. The normalized spacial score (nSPS) is 10.8. The molecule has 2 heterocycles. The predicted molar refractivity (Wildman–Crippen MR) is 120 cm³/mol. The van der Waals surface area contributed by atoms with Gasteiger partial charge in [0.2, 0.25) is 5.91 Å². The molecule has 4 aromatic rings. The van der Waals surface area contributed by atoms with Crippen LogP contribution in [0.1, 0.15) is 5.56 Å². The fourth-order valence-electron chi connectivity index (χ4n) is 2.98. The van der Waals surface area contributed by atoms with E-state index in [1.807, 2.05) is 47.9 Å². The quantitative estimate of drug-likeness (QED) is 0.408. The van der Waals surface area contributed by atoms with Crippen LogP contribution < -0.4 is 5.32 Å². The third kappa shape index (κ3) is 4.76. The summed E-state index contributed by atoms with van der Waals surface area (Å²) >= 11 is 7.23. The Morgan fingerprint density at radius 2 is 2.00 bits per heavy atom. The number of amides is 1. The van der Waals surface area contributed by atoms with Gasteiger partial charge in [0.05, 0.1) is 22.2 Å². The second-order valence-corrected chi connectivity index (χ2v) is 7.98. The molecule has 0 fully saturated rings. The van der Waals surface area contributed by atoms with E-state index in [9.17, 15) is 9.18 Å². The summed E-state index contributed by atoms with van der Waals surface area (Å²) in [6, 6.07) is 15.4. The monoisotopic (exact) mass is 453 g/mol. The average Bonchev–Trinajstić information content (AvgIpc) is 3.19. The molecule has 4 rings (SSSR count). The second-order valence-electron chi connectivity index (χ2n) is 6.63. The van der Waals surface area contributed by atoms with Gasteiger partial charge < -0.3 is 5.32 Å². The Hall–Kier alpha value is -3.23. The van der Waals surface area contributed by atoms with Gasteiger partial charge in [-0.15, -0.1) is 10.2 Å². The first kappa shape index (κ1) is 21.0. The van der Waals surface area contributed by atoms with Gasteiger partial charge in [-0.05, 0) is 48.9 Å². The Morgan fingerprint density at radius 1 is 1.16 bits per heavy atom. The average molecular weight is 454 g/mol. The van der Waals surface area contributed by atoms with E-state index in [-0.39, 0.29) is 16.7 Å². The number of halogens is 2. The zero-order chi connectivity index (χ0) is 21.8. The van der Waals surface area contributed by atoms with Crippen molar-refractivity contribution in [2.75, 3.05) is 11.1 Å². The van der Waals surface area contributed by atoms with Gasteiger partial charge in [0.25, 0.3) is 0 Å². The minimum atomic E-state index is -0.466. The fraction of sp³-hybridized carbons (Fsp3) is 0.0909. The molecule has 0 atom stereocenters. The van der Waals surface area contributed by atoms with Crippen LogP contribution in [-0.4, -0.2) is 31.4 Å². The van der Waals surface area contributed by atoms with Crippen LogP contribution in [0.3, 0.4) is 0 Å². The van der Waals surface area contributed by atoms with E-state index < -0.39 is 5.82 Å². The van der Waals surface area contributed by atoms with Crippen molar-refractivity contribution in [2.45, 2.75) is 12.1 Å². The number of aryl methyl sites for hydroxylation is 1. The molecule has 0 saturated carbocycles. The van der Waals surface area contributed by atoms with Gasteiger partial charge in [-0.25, -0.2) is 4.39 Å². The van der Waals surface area contributed by atoms with Crippen molar-refractivity contribution in [1.29, 1.82) is 0 Å². The van der Waals surface area contributed by atoms with Gasteiger partial charge in [-0.1, -0.05) is 41.6 Å². The summed E-state index contributed by atoms with van der Waals surface area (Å²) in [4.78, 5) is 16.6. The van der Waals surface area contributed by atoms with Crippen molar-refractivity contribution in [3.63, 3.8) is 0 Å². The van der Waals surface area contributed by atoms with Crippen LogP contribution in [0.4, 0.5) is 10.1 Å². The highest BCUT2D eigenvalue weighted by Gasteiger charge is 2.19. The van der Waals surface area contributed by atoms with Gasteiger partial charge in [0.15, 0.2) is 11.0 Å². The van der Waals surface area contributed by atoms with E-state index in [1.165, 1.54) is 23.9 Å². The van der Waals surface area contributed by atoms with Gasteiger partial charge in [0.1, 0.15) is 5.82 Å². The number of nitrogens with zero attached hydrogens (tertiary/aromatic N) is 4. The van der Waals surface area contributed by atoms with Crippen LogP contribution in [0.5, 0.6) is 0 Å². The lowest BCUT2D eigenvalue weighted by atomic mass is 10.2. The molecule has 0 saturated heterocycles. The highest BCUT2D eigenvalue weighted by molar-refractivity contribution is 7.99. The van der Waals surface area contributed by atoms with E-state index in [4.69, 9.17) is 11.6 Å². The molecule has 0 spiro atoms. The largest absolute Gasteiger partial charge is 0.324 e. The number of thioether (sulfide) groups is 1. The first-order valence-corrected chi connectivity index (χ1v) is 10.7. The number of anilines is 1. The van der Waals surface area contributed by atoms with E-state index in [0.717, 1.165) is 22.9 Å². The number of benzene rings is 2. The molecular formula is C22H17ClFN5OS. The minimum absolute atomic E-state index is 0.0742. The number of aromatic nitrogens is 4. The zero-order valence-electron chi connectivity index (χ0n) is 16.4. The van der Waals surface area contributed by atoms with Crippen LogP contribution in [0.25, 0.3) is 17.1 Å². The first-order valence-electron chi connectivity index (χ1n) is 9.32. The van der Waals surface area contributed by atoms with Gasteiger partial charge in [0, 0.05) is 18.0 Å². The van der Waals surface area contributed by atoms with Crippen LogP contribution in [0, 0.1) is 12.7 Å². The molecule has 0 aliphatic heterocycles. The Bertz CT molecular complexity index is 1230. The highest BCUT2D eigenvalue weighted by Crippen LogP contribution is 2.29. The number of rotatable bonds is 6. The topological polar surface area (TPSA) is 72.7 Å². The molecule has 31 heavy (non-hydrogen) atoms. The summed E-state index contributed by atoms with van der Waals surface area (Å²) in [5.74, 6) is -0.0515. The fourth-order valence-corrected chi connectivity index (χ4v) is 3.94. The summed E-state index contributed by atoms with van der Waals surface area (Å²) < 4.78 is 15.1. The summed E-state index contributed by atoms with van der Waals surface area (Å²) in [7, 11) is 0. The van der Waals surface area contributed by atoms with Crippen LogP contribution in [-0.2, 0) is 4.79 Å². The van der Waals surface area contributed by atoms with Crippen LogP contribution >= 0.6 is 23.4 Å². The number of nitrogens with one attached hydrogen (secondary N) is 1. The third-order valence-corrected chi connectivity index (χ3v) is 5.69. The SMILES string of the molecule is Cc1ccccc1-n1c(SCC(=O)Nc2ccc(F)cc2Cl)nnc1-c1cccnc1. The Morgan fingerprint density at radius 3 is 2.74 bits per heavy atom. The smallest absolute Gasteiger partial charge is 0.234 e. The molecule has 2 aromatic carbocycles. The number of hydrogen-bond donors (Lipinski definition) is 1. The summed E-state index contributed by atoms with van der Waals surface area (Å²) in [6.07, 6.45) is 3.41. The van der Waals surface area contributed by atoms with Gasteiger partial charge in [-0.2, -0.15) is 0 Å². The molecular weight excluding hydrogens is 437 g/mol. The van der Waals surface area contributed by atoms with Gasteiger partial charge in [-0.3, -0.25) is 14.3 Å². The second kappa shape index (κ2) is 9.28. The lowest BCUT2D eigenvalue weighted by Crippen LogP contribution is -2.15. The molecule has 9 heteroatoms. The summed E-state index contributed by atoms with van der Waals surface area (Å²) in [5, 5.41) is 12.1. The molecule has 2 aromatic heterocycles.